The topological polar surface area (TPSA) is 87.6 Å². The normalized spacial score (nSPS) is 10.2. The number of ether oxygens (including phenoxy) is 2. The molecule has 0 spiro atoms. The van der Waals surface area contributed by atoms with Gasteiger partial charge in [-0.05, 0) is 24.3 Å². The summed E-state index contributed by atoms with van der Waals surface area (Å²) in [5.74, 6) is 0.573. The van der Waals surface area contributed by atoms with Gasteiger partial charge in [-0.15, -0.1) is 0 Å². The van der Waals surface area contributed by atoms with E-state index < -0.39 is 5.91 Å². The van der Waals surface area contributed by atoms with Crippen molar-refractivity contribution in [3.8, 4) is 11.5 Å². The van der Waals surface area contributed by atoms with E-state index >= 15 is 0 Å². The van der Waals surface area contributed by atoms with E-state index in [1.807, 2.05) is 0 Å². The molecule has 0 saturated heterocycles. The van der Waals surface area contributed by atoms with Crippen LogP contribution in [0.5, 0.6) is 11.5 Å². The molecule has 0 aliphatic rings. The largest absolute Gasteiger partial charge is 0.493 e. The van der Waals surface area contributed by atoms with Crippen LogP contribution in [-0.2, 0) is 6.61 Å². The number of anilines is 1. The van der Waals surface area contributed by atoms with Gasteiger partial charge in [-0.2, -0.15) is 0 Å². The summed E-state index contributed by atoms with van der Waals surface area (Å²) < 4.78 is 10.9. The number of nitrogen functional groups attached to an aromatic ring is 1. The van der Waals surface area contributed by atoms with Crippen molar-refractivity contribution >= 4 is 23.2 Å². The molecule has 4 N–H and O–H groups in total. The van der Waals surface area contributed by atoms with Gasteiger partial charge in [-0.3, -0.25) is 4.79 Å². The van der Waals surface area contributed by atoms with Crippen molar-refractivity contribution < 1.29 is 14.3 Å². The molecule has 0 aliphatic heterocycles. The van der Waals surface area contributed by atoms with Gasteiger partial charge >= 0.3 is 0 Å². The molecular formula is C15H15ClN2O3. The Morgan fingerprint density at radius 1 is 1.19 bits per heavy atom. The number of hydrogen-bond acceptors (Lipinski definition) is 4. The highest BCUT2D eigenvalue weighted by atomic mass is 35.5. The molecule has 0 aromatic heterocycles. The number of carbonyl (C=O) groups excluding carboxylic acids is 1. The van der Waals surface area contributed by atoms with Gasteiger partial charge in [0.05, 0.1) is 7.11 Å². The van der Waals surface area contributed by atoms with E-state index in [1.54, 1.807) is 37.4 Å². The molecule has 1 amide bonds. The lowest BCUT2D eigenvalue weighted by Gasteiger charge is -2.12. The van der Waals surface area contributed by atoms with Crippen molar-refractivity contribution in [2.75, 3.05) is 12.8 Å². The predicted molar refractivity (Wildman–Crippen MR) is 81.7 cm³/mol. The van der Waals surface area contributed by atoms with E-state index in [2.05, 4.69) is 0 Å². The fourth-order valence-electron chi connectivity index (χ4n) is 1.78. The Morgan fingerprint density at radius 2 is 1.95 bits per heavy atom. The summed E-state index contributed by atoms with van der Waals surface area (Å²) in [6, 6.07) is 9.93. The van der Waals surface area contributed by atoms with Crippen molar-refractivity contribution in [3.05, 3.63) is 52.5 Å². The number of primary amides is 1. The van der Waals surface area contributed by atoms with E-state index in [0.29, 0.717) is 27.8 Å². The Bertz CT molecular complexity index is 674. The monoisotopic (exact) mass is 306 g/mol. The second-order valence-corrected chi connectivity index (χ2v) is 4.78. The summed E-state index contributed by atoms with van der Waals surface area (Å²) >= 11 is 6.10. The first-order chi connectivity index (χ1) is 10.0. The number of hydrogen-bond donors (Lipinski definition) is 2. The zero-order chi connectivity index (χ0) is 15.4. The van der Waals surface area contributed by atoms with Crippen LogP contribution in [-0.4, -0.2) is 13.0 Å². The second kappa shape index (κ2) is 6.37. The van der Waals surface area contributed by atoms with Crippen LogP contribution in [0.25, 0.3) is 0 Å². The summed E-state index contributed by atoms with van der Waals surface area (Å²) in [7, 11) is 1.55. The molecule has 0 saturated carbocycles. The zero-order valence-corrected chi connectivity index (χ0v) is 12.2. The molecule has 5 nitrogen and oxygen atoms in total. The van der Waals surface area contributed by atoms with E-state index in [0.717, 1.165) is 5.56 Å². The third kappa shape index (κ3) is 3.58. The average Bonchev–Trinajstić information content (AvgIpc) is 2.46. The SMILES string of the molecule is COc1ccc(N)cc1OCc1ccc(C(N)=O)cc1Cl. The molecule has 0 heterocycles. The molecule has 0 atom stereocenters. The van der Waals surface area contributed by atoms with Crippen LogP contribution in [0, 0.1) is 0 Å². The second-order valence-electron chi connectivity index (χ2n) is 4.37. The number of benzene rings is 2. The number of halogens is 1. The highest BCUT2D eigenvalue weighted by Crippen LogP contribution is 2.30. The van der Waals surface area contributed by atoms with E-state index in [9.17, 15) is 4.79 Å². The molecule has 2 aromatic rings. The lowest BCUT2D eigenvalue weighted by Crippen LogP contribution is -2.11. The predicted octanol–water partition coefficient (Wildman–Crippen LogP) is 2.61. The zero-order valence-electron chi connectivity index (χ0n) is 11.4. The van der Waals surface area contributed by atoms with Crippen LogP contribution in [0.2, 0.25) is 5.02 Å². The summed E-state index contributed by atoms with van der Waals surface area (Å²) in [4.78, 5) is 11.1. The number of methoxy groups -OCH3 is 1. The summed E-state index contributed by atoms with van der Waals surface area (Å²) in [5.41, 5.74) is 12.6. The lowest BCUT2D eigenvalue weighted by atomic mass is 10.1. The van der Waals surface area contributed by atoms with Crippen LogP contribution >= 0.6 is 11.6 Å². The number of amides is 1. The molecule has 0 bridgehead atoms. The molecule has 0 radical (unpaired) electrons. The Balaban J connectivity index is 2.17. The average molecular weight is 307 g/mol. The number of carbonyl (C=O) groups is 1. The first-order valence-electron chi connectivity index (χ1n) is 6.16. The van der Waals surface area contributed by atoms with Gasteiger partial charge in [-0.25, -0.2) is 0 Å². The van der Waals surface area contributed by atoms with Crippen LogP contribution in [0.4, 0.5) is 5.69 Å². The maximum atomic E-state index is 11.1. The van der Waals surface area contributed by atoms with Crippen molar-refractivity contribution in [1.29, 1.82) is 0 Å². The fraction of sp³-hybridized carbons (Fsp3) is 0.133. The van der Waals surface area contributed by atoms with Crippen molar-refractivity contribution in [1.82, 2.24) is 0 Å². The molecule has 0 unspecified atom stereocenters. The first kappa shape index (κ1) is 15.0. The van der Waals surface area contributed by atoms with Gasteiger partial charge in [0.1, 0.15) is 6.61 Å². The number of rotatable bonds is 5. The molecule has 0 aliphatic carbocycles. The van der Waals surface area contributed by atoms with Crippen LogP contribution < -0.4 is 20.9 Å². The Kier molecular flexibility index (Phi) is 4.55. The van der Waals surface area contributed by atoms with E-state index in [1.165, 1.54) is 6.07 Å². The molecule has 0 fully saturated rings. The van der Waals surface area contributed by atoms with Crippen LogP contribution in [0.1, 0.15) is 15.9 Å². The van der Waals surface area contributed by atoms with Crippen molar-refractivity contribution in [3.63, 3.8) is 0 Å². The van der Waals surface area contributed by atoms with Gasteiger partial charge in [0.2, 0.25) is 5.91 Å². The number of nitrogens with two attached hydrogens (primary N) is 2. The Labute approximate surface area is 127 Å². The fourth-order valence-corrected chi connectivity index (χ4v) is 2.01. The van der Waals surface area contributed by atoms with Gasteiger partial charge in [-0.1, -0.05) is 17.7 Å². The van der Waals surface area contributed by atoms with Gasteiger partial charge in [0.15, 0.2) is 11.5 Å². The summed E-state index contributed by atoms with van der Waals surface area (Å²) in [6.45, 7) is 0.220. The minimum atomic E-state index is -0.526. The quantitative estimate of drug-likeness (QED) is 0.831. The third-order valence-corrected chi connectivity index (χ3v) is 3.26. The van der Waals surface area contributed by atoms with E-state index in [-0.39, 0.29) is 6.61 Å². The molecule has 110 valence electrons. The van der Waals surface area contributed by atoms with Crippen molar-refractivity contribution in [2.45, 2.75) is 6.61 Å². The molecule has 2 aromatic carbocycles. The minimum Gasteiger partial charge on any atom is -0.493 e. The molecule has 2 rings (SSSR count). The highest BCUT2D eigenvalue weighted by Gasteiger charge is 2.09. The van der Waals surface area contributed by atoms with E-state index in [4.69, 9.17) is 32.5 Å². The van der Waals surface area contributed by atoms with Gasteiger partial charge < -0.3 is 20.9 Å². The van der Waals surface area contributed by atoms with Gasteiger partial charge in [0.25, 0.3) is 0 Å². The molecule has 6 heteroatoms. The van der Waals surface area contributed by atoms with Crippen LogP contribution in [0.3, 0.4) is 0 Å². The van der Waals surface area contributed by atoms with Crippen molar-refractivity contribution in [2.24, 2.45) is 5.73 Å². The third-order valence-electron chi connectivity index (χ3n) is 2.91. The maximum Gasteiger partial charge on any atom is 0.248 e. The van der Waals surface area contributed by atoms with Crippen LogP contribution in [0.15, 0.2) is 36.4 Å². The summed E-state index contributed by atoms with van der Waals surface area (Å²) in [5, 5.41) is 0.411. The lowest BCUT2D eigenvalue weighted by molar-refractivity contribution is 0.1000. The minimum absolute atomic E-state index is 0.220. The smallest absolute Gasteiger partial charge is 0.248 e. The molecular weight excluding hydrogens is 292 g/mol. The Hall–Kier alpha value is -2.40. The Morgan fingerprint density at radius 3 is 2.57 bits per heavy atom. The highest BCUT2D eigenvalue weighted by molar-refractivity contribution is 6.31. The van der Waals surface area contributed by atoms with Gasteiger partial charge in [0, 0.05) is 27.9 Å². The maximum absolute atomic E-state index is 11.1. The molecule has 21 heavy (non-hydrogen) atoms. The summed E-state index contributed by atoms with van der Waals surface area (Å²) in [6.07, 6.45) is 0. The standard InChI is InChI=1S/C15H15ClN2O3/c1-20-13-5-4-11(17)7-14(13)21-8-10-3-2-9(15(18)19)6-12(10)16/h2-7H,8,17H2,1H3,(H2,18,19). The first-order valence-corrected chi connectivity index (χ1v) is 6.53.